The Kier molecular flexibility index (Phi) is 3.17. The number of hydrogen-bond donors (Lipinski definition) is 0. The maximum atomic E-state index is 13.6. The molecule has 0 aliphatic rings. The summed E-state index contributed by atoms with van der Waals surface area (Å²) in [5.74, 6) is -0.257. The van der Waals surface area contributed by atoms with Gasteiger partial charge in [-0.25, -0.2) is 8.91 Å². The van der Waals surface area contributed by atoms with Crippen LogP contribution in [0.15, 0.2) is 54.7 Å². The van der Waals surface area contributed by atoms with Crippen molar-refractivity contribution in [3.8, 4) is 11.3 Å². The Labute approximate surface area is 139 Å². The van der Waals surface area contributed by atoms with Crippen molar-refractivity contribution in [1.82, 2.24) is 14.8 Å². The van der Waals surface area contributed by atoms with E-state index in [-0.39, 0.29) is 11.2 Å². The third kappa shape index (κ3) is 2.35. The van der Waals surface area contributed by atoms with E-state index in [0.717, 1.165) is 27.5 Å². The van der Waals surface area contributed by atoms with E-state index in [0.29, 0.717) is 0 Å². The molecule has 0 saturated carbocycles. The van der Waals surface area contributed by atoms with E-state index in [1.807, 2.05) is 6.07 Å². The topological polar surface area (TPSA) is 30.2 Å². The van der Waals surface area contributed by atoms with Crippen LogP contribution in [-0.2, 0) is 5.41 Å². The summed E-state index contributed by atoms with van der Waals surface area (Å²) < 4.78 is 15.4. The maximum Gasteiger partial charge on any atom is 0.123 e. The Morgan fingerprint density at radius 1 is 0.958 bits per heavy atom. The average molecular weight is 319 g/mol. The van der Waals surface area contributed by atoms with E-state index in [9.17, 15) is 4.39 Å². The van der Waals surface area contributed by atoms with Gasteiger partial charge in [0, 0.05) is 10.9 Å². The minimum atomic E-state index is -0.257. The van der Waals surface area contributed by atoms with Crippen molar-refractivity contribution in [2.75, 3.05) is 0 Å². The Morgan fingerprint density at radius 2 is 1.71 bits per heavy atom. The zero-order valence-electron chi connectivity index (χ0n) is 13.9. The molecule has 0 bridgehead atoms. The van der Waals surface area contributed by atoms with Gasteiger partial charge >= 0.3 is 0 Å². The van der Waals surface area contributed by atoms with Crippen molar-refractivity contribution in [1.29, 1.82) is 0 Å². The molecule has 0 radical (unpaired) electrons. The zero-order chi connectivity index (χ0) is 16.9. The smallest absolute Gasteiger partial charge is 0.123 e. The Balaban J connectivity index is 1.95. The fourth-order valence-electron chi connectivity index (χ4n) is 3.03. The number of benzene rings is 2. The van der Waals surface area contributed by atoms with Crippen LogP contribution in [0.2, 0.25) is 0 Å². The van der Waals surface area contributed by atoms with E-state index in [4.69, 9.17) is 0 Å². The molecule has 4 rings (SSSR count). The van der Waals surface area contributed by atoms with E-state index in [2.05, 4.69) is 55.3 Å². The molecule has 0 N–H and O–H groups in total. The molecule has 2 heterocycles. The second kappa shape index (κ2) is 5.13. The van der Waals surface area contributed by atoms with Crippen molar-refractivity contribution in [3.63, 3.8) is 0 Å². The second-order valence-electron chi connectivity index (χ2n) is 7.12. The first-order valence-electron chi connectivity index (χ1n) is 7.97. The largest absolute Gasteiger partial charge is 0.212 e. The van der Waals surface area contributed by atoms with Crippen molar-refractivity contribution >= 4 is 16.3 Å². The van der Waals surface area contributed by atoms with E-state index >= 15 is 0 Å². The summed E-state index contributed by atoms with van der Waals surface area (Å²) in [7, 11) is 0. The first kappa shape index (κ1) is 14.8. The molecule has 0 aliphatic heterocycles. The highest BCUT2D eigenvalue weighted by Crippen LogP contribution is 2.30. The summed E-state index contributed by atoms with van der Waals surface area (Å²) in [6.45, 7) is 6.59. The highest BCUT2D eigenvalue weighted by atomic mass is 19.1. The molecule has 0 amide bonds. The Morgan fingerprint density at radius 3 is 2.42 bits per heavy atom. The Hall–Kier alpha value is -2.75. The molecule has 2 aromatic carbocycles. The standard InChI is InChI=1S/C20H18FN3/c1-20(2,3)15-7-4-13(5-8-15)18-10-14-6-9-16(21)11-17(14)19-12-22-23-24(18)19/h4-12H,1-3H3. The van der Waals surface area contributed by atoms with Gasteiger partial charge in [-0.15, -0.1) is 5.10 Å². The van der Waals surface area contributed by atoms with Gasteiger partial charge in [-0.2, -0.15) is 0 Å². The number of rotatable bonds is 1. The van der Waals surface area contributed by atoms with Crippen LogP contribution in [0.5, 0.6) is 0 Å². The molecule has 4 heteroatoms. The predicted molar refractivity (Wildman–Crippen MR) is 94.6 cm³/mol. The molecule has 0 unspecified atom stereocenters. The highest BCUT2D eigenvalue weighted by molar-refractivity contribution is 5.98. The van der Waals surface area contributed by atoms with Crippen molar-refractivity contribution in [2.45, 2.75) is 26.2 Å². The summed E-state index contributed by atoms with van der Waals surface area (Å²) in [5, 5.41) is 9.99. The van der Waals surface area contributed by atoms with Gasteiger partial charge in [-0.3, -0.25) is 0 Å². The number of halogens is 1. The SMILES string of the molecule is CC(C)(C)c1ccc(-c2cc3ccc(F)cc3c3cnnn23)cc1. The molecule has 2 aromatic heterocycles. The summed E-state index contributed by atoms with van der Waals surface area (Å²) in [4.78, 5) is 0. The fourth-order valence-corrected chi connectivity index (χ4v) is 3.03. The van der Waals surface area contributed by atoms with Gasteiger partial charge in [-0.1, -0.05) is 56.3 Å². The molecule has 24 heavy (non-hydrogen) atoms. The van der Waals surface area contributed by atoms with Crippen LogP contribution in [0.25, 0.3) is 27.5 Å². The molecule has 3 nitrogen and oxygen atoms in total. The van der Waals surface area contributed by atoms with Crippen molar-refractivity contribution in [2.24, 2.45) is 0 Å². The number of nitrogens with zero attached hydrogens (tertiary/aromatic N) is 3. The lowest BCUT2D eigenvalue weighted by atomic mass is 9.86. The molecule has 0 atom stereocenters. The number of fused-ring (bicyclic) bond motifs is 3. The van der Waals surface area contributed by atoms with Crippen LogP contribution in [-0.4, -0.2) is 14.8 Å². The minimum absolute atomic E-state index is 0.113. The van der Waals surface area contributed by atoms with Crippen LogP contribution in [0.4, 0.5) is 4.39 Å². The summed E-state index contributed by atoms with van der Waals surface area (Å²) >= 11 is 0. The first-order valence-corrected chi connectivity index (χ1v) is 7.97. The number of hydrogen-bond acceptors (Lipinski definition) is 2. The molecule has 0 aliphatic carbocycles. The summed E-state index contributed by atoms with van der Waals surface area (Å²) in [6, 6.07) is 15.3. The molecule has 0 saturated heterocycles. The molecule has 0 spiro atoms. The minimum Gasteiger partial charge on any atom is -0.212 e. The van der Waals surface area contributed by atoms with Crippen molar-refractivity contribution in [3.05, 3.63) is 66.1 Å². The van der Waals surface area contributed by atoms with E-state index in [1.54, 1.807) is 16.8 Å². The van der Waals surface area contributed by atoms with Gasteiger partial charge in [0.15, 0.2) is 0 Å². The van der Waals surface area contributed by atoms with Crippen LogP contribution >= 0.6 is 0 Å². The highest BCUT2D eigenvalue weighted by Gasteiger charge is 2.15. The third-order valence-corrected chi connectivity index (χ3v) is 4.41. The maximum absolute atomic E-state index is 13.6. The summed E-state index contributed by atoms with van der Waals surface area (Å²) in [5.41, 5.74) is 4.21. The second-order valence-corrected chi connectivity index (χ2v) is 7.12. The lowest BCUT2D eigenvalue weighted by molar-refractivity contribution is 0.590. The molecule has 0 fully saturated rings. The zero-order valence-corrected chi connectivity index (χ0v) is 13.9. The fraction of sp³-hybridized carbons (Fsp3) is 0.200. The molecular formula is C20H18FN3. The normalized spacial score (nSPS) is 12.2. The Bertz CT molecular complexity index is 1040. The molecule has 120 valence electrons. The van der Waals surface area contributed by atoms with Gasteiger partial charge in [-0.05, 0) is 34.6 Å². The lowest BCUT2D eigenvalue weighted by Gasteiger charge is -2.19. The van der Waals surface area contributed by atoms with Gasteiger partial charge < -0.3 is 0 Å². The van der Waals surface area contributed by atoms with Crippen LogP contribution in [0.1, 0.15) is 26.3 Å². The van der Waals surface area contributed by atoms with Crippen molar-refractivity contribution < 1.29 is 4.39 Å². The van der Waals surface area contributed by atoms with E-state index < -0.39 is 0 Å². The van der Waals surface area contributed by atoms with Gasteiger partial charge in [0.1, 0.15) is 5.82 Å². The molecule has 4 aromatic rings. The predicted octanol–water partition coefficient (Wildman–Crippen LogP) is 4.99. The van der Waals surface area contributed by atoms with Crippen LogP contribution in [0.3, 0.4) is 0 Å². The van der Waals surface area contributed by atoms with Gasteiger partial charge in [0.2, 0.25) is 0 Å². The molecular weight excluding hydrogens is 301 g/mol. The number of pyridine rings is 1. The van der Waals surface area contributed by atoms with E-state index in [1.165, 1.54) is 17.7 Å². The average Bonchev–Trinajstić information content (AvgIpc) is 3.03. The van der Waals surface area contributed by atoms with Gasteiger partial charge in [0.05, 0.1) is 17.4 Å². The third-order valence-electron chi connectivity index (χ3n) is 4.41. The monoisotopic (exact) mass is 319 g/mol. The number of aromatic nitrogens is 3. The van der Waals surface area contributed by atoms with Crippen LogP contribution < -0.4 is 0 Å². The van der Waals surface area contributed by atoms with Crippen LogP contribution in [0, 0.1) is 5.82 Å². The van der Waals surface area contributed by atoms with Gasteiger partial charge in [0.25, 0.3) is 0 Å². The lowest BCUT2D eigenvalue weighted by Crippen LogP contribution is -2.10. The quantitative estimate of drug-likeness (QED) is 0.495. The first-order chi connectivity index (χ1) is 11.4. The summed E-state index contributed by atoms with van der Waals surface area (Å²) in [6.07, 6.45) is 1.68.